The number of carbonyl (C=O) groups is 1. The van der Waals surface area contributed by atoms with Crippen molar-refractivity contribution < 1.29 is 14.3 Å². The fraction of sp³-hybridized carbons (Fsp3) is 0.917. The van der Waals surface area contributed by atoms with Crippen LogP contribution >= 0.6 is 12.4 Å². The highest BCUT2D eigenvalue weighted by Crippen LogP contribution is 2.14. The molecule has 0 saturated carbocycles. The molecule has 0 aromatic rings. The van der Waals surface area contributed by atoms with Crippen LogP contribution in [0.2, 0.25) is 0 Å². The van der Waals surface area contributed by atoms with Crippen LogP contribution in [0.5, 0.6) is 0 Å². The maximum Gasteiger partial charge on any atom is 0.236 e. The number of hydrogen-bond acceptors (Lipinski definition) is 4. The first-order chi connectivity index (χ1) is 8.20. The predicted octanol–water partition coefficient (Wildman–Crippen LogP) is 0.705. The van der Waals surface area contributed by atoms with E-state index in [0.29, 0.717) is 19.1 Å². The monoisotopic (exact) mass is 280 g/mol. The minimum atomic E-state index is -0.432. The molecule has 5 nitrogen and oxygen atoms in total. The fourth-order valence-electron chi connectivity index (χ4n) is 1.71. The summed E-state index contributed by atoms with van der Waals surface area (Å²) < 4.78 is 10.9. The molecule has 1 rings (SSSR count). The summed E-state index contributed by atoms with van der Waals surface area (Å²) in [4.78, 5) is 11.1. The van der Waals surface area contributed by atoms with Crippen LogP contribution in [0, 0.1) is 5.92 Å². The molecule has 108 valence electrons. The Morgan fingerprint density at radius 1 is 1.50 bits per heavy atom. The summed E-state index contributed by atoms with van der Waals surface area (Å²) in [7, 11) is 0. The van der Waals surface area contributed by atoms with E-state index in [4.69, 9.17) is 15.2 Å². The van der Waals surface area contributed by atoms with Gasteiger partial charge in [0, 0.05) is 33.0 Å². The molecule has 0 radical (unpaired) electrons. The molecule has 3 N–H and O–H groups in total. The van der Waals surface area contributed by atoms with Crippen LogP contribution in [-0.4, -0.2) is 44.9 Å². The Hall–Kier alpha value is -0.360. The molecular weight excluding hydrogens is 256 g/mol. The Morgan fingerprint density at radius 3 is 2.78 bits per heavy atom. The molecule has 6 heteroatoms. The molecule has 1 atom stereocenters. The molecule has 18 heavy (non-hydrogen) atoms. The average Bonchev–Trinajstić information content (AvgIpc) is 2.34. The smallest absolute Gasteiger partial charge is 0.236 e. The Bertz CT molecular complexity index is 221. The second-order valence-electron chi connectivity index (χ2n) is 4.56. The van der Waals surface area contributed by atoms with Gasteiger partial charge in [-0.3, -0.25) is 4.79 Å². The molecule has 0 aromatic heterocycles. The van der Waals surface area contributed by atoms with Gasteiger partial charge in [-0.05, 0) is 32.1 Å². The molecule has 0 aromatic carbocycles. The number of nitrogens with two attached hydrogens (primary N) is 1. The zero-order valence-electron chi connectivity index (χ0n) is 11.0. The molecule has 0 unspecified atom stereocenters. The number of nitrogens with one attached hydrogen (secondary N) is 1. The van der Waals surface area contributed by atoms with Crippen molar-refractivity contribution in [2.75, 3.05) is 33.0 Å². The lowest BCUT2D eigenvalue weighted by atomic mass is 10.0. The van der Waals surface area contributed by atoms with Gasteiger partial charge in [-0.1, -0.05) is 0 Å². The van der Waals surface area contributed by atoms with Crippen LogP contribution in [-0.2, 0) is 14.3 Å². The zero-order valence-corrected chi connectivity index (χ0v) is 11.8. The molecule has 1 heterocycles. The van der Waals surface area contributed by atoms with E-state index < -0.39 is 6.04 Å². The van der Waals surface area contributed by atoms with E-state index in [-0.39, 0.29) is 18.3 Å². The summed E-state index contributed by atoms with van der Waals surface area (Å²) in [6.45, 7) is 5.53. The van der Waals surface area contributed by atoms with Crippen molar-refractivity contribution in [1.29, 1.82) is 0 Å². The van der Waals surface area contributed by atoms with Crippen molar-refractivity contribution in [1.82, 2.24) is 5.32 Å². The van der Waals surface area contributed by atoms with E-state index >= 15 is 0 Å². The van der Waals surface area contributed by atoms with E-state index in [1.165, 1.54) is 0 Å². The molecule has 1 saturated heterocycles. The van der Waals surface area contributed by atoms with Crippen LogP contribution in [0.4, 0.5) is 0 Å². The number of carbonyl (C=O) groups excluding carboxylic acids is 1. The van der Waals surface area contributed by atoms with E-state index in [1.807, 2.05) is 0 Å². The van der Waals surface area contributed by atoms with Crippen LogP contribution in [0.3, 0.4) is 0 Å². The summed E-state index contributed by atoms with van der Waals surface area (Å²) in [5.41, 5.74) is 5.42. The van der Waals surface area contributed by atoms with Crippen LogP contribution in [0.15, 0.2) is 0 Å². The van der Waals surface area contributed by atoms with Gasteiger partial charge in [-0.15, -0.1) is 12.4 Å². The van der Waals surface area contributed by atoms with Gasteiger partial charge in [0.2, 0.25) is 5.91 Å². The third kappa shape index (κ3) is 7.87. The second-order valence-corrected chi connectivity index (χ2v) is 4.56. The highest BCUT2D eigenvalue weighted by molar-refractivity contribution is 5.85. The predicted molar refractivity (Wildman–Crippen MR) is 72.9 cm³/mol. The Balaban J connectivity index is 0.00000289. The maximum absolute atomic E-state index is 11.1. The number of amides is 1. The van der Waals surface area contributed by atoms with Crippen molar-refractivity contribution >= 4 is 18.3 Å². The third-order valence-electron chi connectivity index (χ3n) is 2.87. The highest BCUT2D eigenvalue weighted by Gasteiger charge is 2.13. The first-order valence-electron chi connectivity index (χ1n) is 6.39. The van der Waals surface area contributed by atoms with Crippen molar-refractivity contribution in [3.8, 4) is 0 Å². The standard InChI is InChI=1S/C12H24N2O3.ClH/c1-10(13)12(15)14-5-2-6-17-9-11-3-7-16-8-4-11;/h10-11H,2-9,13H2,1H3,(H,14,15);1H/t10-;/m0./s1. The van der Waals surface area contributed by atoms with Gasteiger partial charge in [-0.2, -0.15) is 0 Å². The molecule has 1 amide bonds. The minimum Gasteiger partial charge on any atom is -0.381 e. The second kappa shape index (κ2) is 10.6. The molecule has 0 bridgehead atoms. The third-order valence-corrected chi connectivity index (χ3v) is 2.87. The van der Waals surface area contributed by atoms with Crippen molar-refractivity contribution in [2.45, 2.75) is 32.2 Å². The van der Waals surface area contributed by atoms with Gasteiger partial charge in [0.25, 0.3) is 0 Å². The first kappa shape index (κ1) is 17.6. The summed E-state index contributed by atoms with van der Waals surface area (Å²) >= 11 is 0. The summed E-state index contributed by atoms with van der Waals surface area (Å²) in [6.07, 6.45) is 3.03. The van der Waals surface area contributed by atoms with Crippen molar-refractivity contribution in [3.63, 3.8) is 0 Å². The van der Waals surface area contributed by atoms with Gasteiger partial charge in [-0.25, -0.2) is 0 Å². The summed E-state index contributed by atoms with van der Waals surface area (Å²) in [5.74, 6) is 0.539. The maximum atomic E-state index is 11.1. The average molecular weight is 281 g/mol. The lowest BCUT2D eigenvalue weighted by Crippen LogP contribution is -2.38. The van der Waals surface area contributed by atoms with Crippen LogP contribution in [0.25, 0.3) is 0 Å². The highest BCUT2D eigenvalue weighted by atomic mass is 35.5. The van der Waals surface area contributed by atoms with Gasteiger partial charge >= 0.3 is 0 Å². The normalized spacial score (nSPS) is 17.9. The van der Waals surface area contributed by atoms with Crippen molar-refractivity contribution in [2.24, 2.45) is 11.7 Å². The zero-order chi connectivity index (χ0) is 12.5. The molecule has 0 spiro atoms. The number of hydrogen-bond donors (Lipinski definition) is 2. The SMILES string of the molecule is C[C@H](N)C(=O)NCCCOCC1CCOCC1.Cl. The van der Waals surface area contributed by atoms with Gasteiger partial charge in [0.15, 0.2) is 0 Å². The van der Waals surface area contributed by atoms with E-state index in [1.54, 1.807) is 6.92 Å². The topological polar surface area (TPSA) is 73.6 Å². The Labute approximate surface area is 115 Å². The Morgan fingerprint density at radius 2 is 2.17 bits per heavy atom. The summed E-state index contributed by atoms with van der Waals surface area (Å²) in [6, 6.07) is -0.432. The lowest BCUT2D eigenvalue weighted by Gasteiger charge is -2.21. The minimum absolute atomic E-state index is 0. The molecule has 1 fully saturated rings. The molecule has 0 aliphatic carbocycles. The number of halogens is 1. The van der Waals surface area contributed by atoms with Gasteiger partial charge in [0.1, 0.15) is 0 Å². The quantitative estimate of drug-likeness (QED) is 0.674. The molecule has 1 aliphatic heterocycles. The Kier molecular flexibility index (Phi) is 10.3. The van der Waals surface area contributed by atoms with E-state index in [0.717, 1.165) is 39.1 Å². The van der Waals surface area contributed by atoms with E-state index in [2.05, 4.69) is 5.32 Å². The van der Waals surface area contributed by atoms with Crippen molar-refractivity contribution in [3.05, 3.63) is 0 Å². The van der Waals surface area contributed by atoms with E-state index in [9.17, 15) is 4.79 Å². The number of rotatable bonds is 7. The first-order valence-corrected chi connectivity index (χ1v) is 6.39. The molecular formula is C12H25ClN2O3. The van der Waals surface area contributed by atoms with Crippen LogP contribution < -0.4 is 11.1 Å². The summed E-state index contributed by atoms with van der Waals surface area (Å²) in [5, 5.41) is 2.76. The van der Waals surface area contributed by atoms with Crippen LogP contribution in [0.1, 0.15) is 26.2 Å². The largest absolute Gasteiger partial charge is 0.381 e. The fourth-order valence-corrected chi connectivity index (χ4v) is 1.71. The molecule has 1 aliphatic rings. The number of ether oxygens (including phenoxy) is 2. The van der Waals surface area contributed by atoms with Gasteiger partial charge < -0.3 is 20.5 Å². The lowest BCUT2D eigenvalue weighted by molar-refractivity contribution is -0.122. The van der Waals surface area contributed by atoms with Gasteiger partial charge in [0.05, 0.1) is 6.04 Å².